The highest BCUT2D eigenvalue weighted by molar-refractivity contribution is 5.91. The summed E-state index contributed by atoms with van der Waals surface area (Å²) in [5, 5.41) is 3.12. The van der Waals surface area contributed by atoms with E-state index in [1.807, 2.05) is 6.07 Å². The molecule has 152 valence electrons. The zero-order valence-corrected chi connectivity index (χ0v) is 17.1. The fourth-order valence-corrected chi connectivity index (χ4v) is 4.71. The average molecular weight is 390 g/mol. The number of carbonyl (C=O) groups is 1. The van der Waals surface area contributed by atoms with Gasteiger partial charge in [-0.2, -0.15) is 0 Å². The number of nitrogens with zero attached hydrogens (tertiary/aromatic N) is 2. The van der Waals surface area contributed by atoms with Crippen molar-refractivity contribution in [2.75, 3.05) is 36.4 Å². The fourth-order valence-electron chi connectivity index (χ4n) is 4.71. The minimum Gasteiger partial charge on any atom is -0.369 e. The molecule has 1 atom stereocenters. The first kappa shape index (κ1) is 18.7. The lowest BCUT2D eigenvalue weighted by atomic mass is 9.91. The first-order valence-electron chi connectivity index (χ1n) is 11.2. The van der Waals surface area contributed by atoms with Crippen molar-refractivity contribution < 1.29 is 4.79 Å². The maximum Gasteiger partial charge on any atom is 0.224 e. The van der Waals surface area contributed by atoms with Gasteiger partial charge in [-0.25, -0.2) is 0 Å². The lowest BCUT2D eigenvalue weighted by molar-refractivity contribution is -0.116. The molecule has 0 bridgehead atoms. The molecule has 1 unspecified atom stereocenters. The molecule has 2 aromatic rings. The molecule has 4 heteroatoms. The Balaban J connectivity index is 1.16. The van der Waals surface area contributed by atoms with Crippen LogP contribution < -0.4 is 10.2 Å². The van der Waals surface area contributed by atoms with Crippen molar-refractivity contribution in [1.29, 1.82) is 0 Å². The zero-order chi connectivity index (χ0) is 19.6. The van der Waals surface area contributed by atoms with Crippen LogP contribution in [-0.4, -0.2) is 43.0 Å². The number of nitrogens with one attached hydrogen (secondary N) is 1. The van der Waals surface area contributed by atoms with Crippen LogP contribution in [0.15, 0.2) is 54.6 Å². The van der Waals surface area contributed by atoms with Gasteiger partial charge >= 0.3 is 0 Å². The second-order valence-electron chi connectivity index (χ2n) is 8.91. The molecule has 2 aliphatic carbocycles. The lowest BCUT2D eigenvalue weighted by Gasteiger charge is -2.36. The van der Waals surface area contributed by atoms with Crippen LogP contribution in [0.1, 0.15) is 43.6 Å². The van der Waals surface area contributed by atoms with Gasteiger partial charge in [0.25, 0.3) is 0 Å². The highest BCUT2D eigenvalue weighted by atomic mass is 16.1. The number of piperazine rings is 1. The van der Waals surface area contributed by atoms with Crippen LogP contribution in [0.3, 0.4) is 0 Å². The second kappa shape index (κ2) is 8.19. The molecule has 1 aliphatic heterocycles. The highest BCUT2D eigenvalue weighted by Gasteiger charge is 2.34. The van der Waals surface area contributed by atoms with E-state index in [0.717, 1.165) is 24.8 Å². The predicted molar refractivity (Wildman–Crippen MR) is 118 cm³/mol. The molecule has 5 rings (SSSR count). The molecule has 3 aliphatic rings. The maximum atomic E-state index is 12.7. The second-order valence-corrected chi connectivity index (χ2v) is 8.91. The third-order valence-electron chi connectivity index (χ3n) is 6.72. The SMILES string of the molecule is O=C(CC(c1ccccc1)C1CC1)Nc1ccc(N2CCN(C3CC3)CC2)cc1. The van der Waals surface area contributed by atoms with Crippen LogP contribution in [0, 0.1) is 5.92 Å². The lowest BCUT2D eigenvalue weighted by Crippen LogP contribution is -2.47. The van der Waals surface area contributed by atoms with E-state index in [0.29, 0.717) is 18.3 Å². The molecule has 1 saturated heterocycles. The summed E-state index contributed by atoms with van der Waals surface area (Å²) in [6, 6.07) is 19.8. The molecule has 1 heterocycles. The van der Waals surface area contributed by atoms with Crippen molar-refractivity contribution in [1.82, 2.24) is 4.90 Å². The largest absolute Gasteiger partial charge is 0.369 e. The van der Waals surface area contributed by atoms with E-state index in [4.69, 9.17) is 0 Å². The molecular formula is C25H31N3O. The highest BCUT2D eigenvalue weighted by Crippen LogP contribution is 2.44. The Bertz CT molecular complexity index is 819. The molecule has 0 radical (unpaired) electrons. The maximum absolute atomic E-state index is 12.7. The summed E-state index contributed by atoms with van der Waals surface area (Å²) in [5.41, 5.74) is 3.46. The van der Waals surface area contributed by atoms with Crippen molar-refractivity contribution in [2.45, 2.75) is 44.1 Å². The Hall–Kier alpha value is -2.33. The van der Waals surface area contributed by atoms with E-state index in [-0.39, 0.29) is 5.91 Å². The van der Waals surface area contributed by atoms with Gasteiger partial charge in [-0.1, -0.05) is 30.3 Å². The predicted octanol–water partition coefficient (Wildman–Crippen LogP) is 4.49. The number of hydrogen-bond donors (Lipinski definition) is 1. The molecular weight excluding hydrogens is 358 g/mol. The third kappa shape index (κ3) is 4.64. The van der Waals surface area contributed by atoms with E-state index in [1.54, 1.807) is 0 Å². The summed E-state index contributed by atoms with van der Waals surface area (Å²) in [4.78, 5) is 17.8. The summed E-state index contributed by atoms with van der Waals surface area (Å²) < 4.78 is 0. The summed E-state index contributed by atoms with van der Waals surface area (Å²) in [7, 11) is 0. The van der Waals surface area contributed by atoms with Crippen LogP contribution in [0.4, 0.5) is 11.4 Å². The number of anilines is 2. The number of hydrogen-bond acceptors (Lipinski definition) is 3. The molecule has 1 amide bonds. The smallest absolute Gasteiger partial charge is 0.224 e. The minimum atomic E-state index is 0.122. The van der Waals surface area contributed by atoms with Gasteiger partial charge in [-0.05, 0) is 67.3 Å². The Labute approximate surface area is 173 Å². The fraction of sp³-hybridized carbons (Fsp3) is 0.480. The summed E-state index contributed by atoms with van der Waals surface area (Å²) in [6.07, 6.45) is 5.84. The van der Waals surface area contributed by atoms with E-state index < -0.39 is 0 Å². The summed E-state index contributed by atoms with van der Waals surface area (Å²) >= 11 is 0. The van der Waals surface area contributed by atoms with Gasteiger partial charge in [-0.3, -0.25) is 9.69 Å². The molecule has 0 spiro atoms. The van der Waals surface area contributed by atoms with Crippen LogP contribution in [0.2, 0.25) is 0 Å². The van der Waals surface area contributed by atoms with Crippen LogP contribution in [-0.2, 0) is 4.79 Å². The van der Waals surface area contributed by atoms with Gasteiger partial charge in [0.15, 0.2) is 0 Å². The first-order chi connectivity index (χ1) is 14.3. The Morgan fingerprint density at radius 1 is 0.897 bits per heavy atom. The zero-order valence-electron chi connectivity index (χ0n) is 17.1. The van der Waals surface area contributed by atoms with Crippen molar-refractivity contribution >= 4 is 17.3 Å². The Kier molecular flexibility index (Phi) is 5.28. The summed E-state index contributed by atoms with van der Waals surface area (Å²) in [6.45, 7) is 4.54. The molecule has 2 aromatic carbocycles. The quantitative estimate of drug-likeness (QED) is 0.758. The third-order valence-corrected chi connectivity index (χ3v) is 6.72. The molecule has 1 N–H and O–H groups in total. The standard InChI is InChI=1S/C25H31N3O/c29-25(18-24(20-6-7-20)19-4-2-1-3-5-19)26-21-8-10-22(11-9-21)27-14-16-28(17-15-27)23-12-13-23/h1-5,8-11,20,23-24H,6-7,12-18H2,(H,26,29). The number of benzene rings is 2. The van der Waals surface area contributed by atoms with Gasteiger partial charge < -0.3 is 10.2 Å². The van der Waals surface area contributed by atoms with Gasteiger partial charge in [0, 0.05) is 50.0 Å². The van der Waals surface area contributed by atoms with Crippen molar-refractivity contribution in [3.05, 3.63) is 60.2 Å². The normalized spacial score (nSPS) is 21.0. The number of rotatable bonds is 7. The number of carbonyl (C=O) groups excluding carboxylic acids is 1. The van der Waals surface area contributed by atoms with Crippen molar-refractivity contribution in [3.63, 3.8) is 0 Å². The Morgan fingerprint density at radius 2 is 1.59 bits per heavy atom. The molecule has 3 fully saturated rings. The van der Waals surface area contributed by atoms with Crippen LogP contribution >= 0.6 is 0 Å². The monoisotopic (exact) mass is 389 g/mol. The van der Waals surface area contributed by atoms with E-state index in [2.05, 4.69) is 63.6 Å². The van der Waals surface area contributed by atoms with Gasteiger partial charge in [-0.15, -0.1) is 0 Å². The van der Waals surface area contributed by atoms with Crippen molar-refractivity contribution in [2.24, 2.45) is 5.92 Å². The van der Waals surface area contributed by atoms with Gasteiger partial charge in [0.05, 0.1) is 0 Å². The molecule has 2 saturated carbocycles. The number of amides is 1. The Morgan fingerprint density at radius 3 is 2.21 bits per heavy atom. The van der Waals surface area contributed by atoms with Gasteiger partial charge in [0.1, 0.15) is 0 Å². The van der Waals surface area contributed by atoms with E-state index in [9.17, 15) is 4.79 Å². The van der Waals surface area contributed by atoms with Crippen LogP contribution in [0.5, 0.6) is 0 Å². The van der Waals surface area contributed by atoms with Gasteiger partial charge in [0.2, 0.25) is 5.91 Å². The molecule has 29 heavy (non-hydrogen) atoms. The van der Waals surface area contributed by atoms with Crippen molar-refractivity contribution in [3.8, 4) is 0 Å². The first-order valence-corrected chi connectivity index (χ1v) is 11.2. The average Bonchev–Trinajstić information content (AvgIpc) is 3.66. The topological polar surface area (TPSA) is 35.6 Å². The molecule has 0 aromatic heterocycles. The van der Waals surface area contributed by atoms with Crippen LogP contribution in [0.25, 0.3) is 0 Å². The van der Waals surface area contributed by atoms with E-state index in [1.165, 1.54) is 50.0 Å². The summed E-state index contributed by atoms with van der Waals surface area (Å²) in [5.74, 6) is 1.13. The minimum absolute atomic E-state index is 0.122. The van der Waals surface area contributed by atoms with E-state index >= 15 is 0 Å². The molecule has 4 nitrogen and oxygen atoms in total.